The zero-order chi connectivity index (χ0) is 37.5. The van der Waals surface area contributed by atoms with E-state index in [2.05, 4.69) is 27.2 Å². The fourth-order valence-corrected chi connectivity index (χ4v) is 11.3. The number of hydrogen-bond donors (Lipinski definition) is 1. The summed E-state index contributed by atoms with van der Waals surface area (Å²) in [4.78, 5) is 71.4. The lowest BCUT2D eigenvalue weighted by atomic mass is 9.86. The van der Waals surface area contributed by atoms with Crippen molar-refractivity contribution in [3.8, 4) is 5.88 Å². The third-order valence-corrected chi connectivity index (χ3v) is 15.3. The molecule has 6 aliphatic rings. The van der Waals surface area contributed by atoms with Crippen LogP contribution in [0.4, 0.5) is 0 Å². The summed E-state index contributed by atoms with van der Waals surface area (Å²) in [5.74, 6) is -2.24. The van der Waals surface area contributed by atoms with Crippen molar-refractivity contribution in [1.29, 1.82) is 0 Å². The van der Waals surface area contributed by atoms with Gasteiger partial charge in [0.25, 0.3) is 5.56 Å². The van der Waals surface area contributed by atoms with Crippen LogP contribution in [0.15, 0.2) is 34.1 Å². The summed E-state index contributed by atoms with van der Waals surface area (Å²) in [5.41, 5.74) is -1.50. The van der Waals surface area contributed by atoms with E-state index in [9.17, 15) is 32.4 Å². The first-order valence-corrected chi connectivity index (χ1v) is 22.0. The molecule has 7 rings (SSSR count). The molecule has 7 atom stereocenters. The second-order valence-corrected chi connectivity index (χ2v) is 19.2. The number of sulfonamides is 1. The Morgan fingerprint density at radius 3 is 2.38 bits per heavy atom. The van der Waals surface area contributed by atoms with Gasteiger partial charge in [0.1, 0.15) is 12.2 Å². The lowest BCUT2D eigenvalue weighted by molar-refractivity contribution is -0.156. The van der Waals surface area contributed by atoms with Crippen molar-refractivity contribution in [1.82, 2.24) is 14.2 Å². The number of fused-ring (bicyclic) bond motifs is 4. The second kappa shape index (κ2) is 15.6. The first-order chi connectivity index (χ1) is 25.4. The summed E-state index contributed by atoms with van der Waals surface area (Å²) < 4.78 is 42.4. The fraction of sp³-hybridized carbons (Fsp3) is 0.718. The number of carbonyl (C=O) groups is 4. The van der Waals surface area contributed by atoms with Crippen LogP contribution in [-0.4, -0.2) is 71.5 Å². The van der Waals surface area contributed by atoms with Gasteiger partial charge in [-0.05, 0) is 110 Å². The molecule has 2 aliphatic heterocycles. The first kappa shape index (κ1) is 38.3. The van der Waals surface area contributed by atoms with E-state index in [0.29, 0.717) is 29.7 Å². The molecular formula is C39H52BrN3O9S. The normalized spacial score (nSPS) is 32.8. The highest BCUT2D eigenvalue weighted by atomic mass is 79.9. The molecule has 1 saturated heterocycles. The van der Waals surface area contributed by atoms with Crippen LogP contribution in [0.1, 0.15) is 109 Å². The number of esters is 1. The molecule has 5 fully saturated rings. The van der Waals surface area contributed by atoms with Crippen LogP contribution in [0.25, 0.3) is 0 Å². The van der Waals surface area contributed by atoms with E-state index in [0.717, 1.165) is 70.6 Å². The number of rotatable bonds is 8. The number of Topliss-reactive ketones (excluding diaryl/α,β-unsaturated/α-hetero) is 1. The molecule has 4 aliphatic carbocycles. The van der Waals surface area contributed by atoms with E-state index < -0.39 is 50.6 Å². The monoisotopic (exact) mass is 817 g/mol. The molecule has 1 aromatic rings. The van der Waals surface area contributed by atoms with Crippen molar-refractivity contribution in [3.63, 3.8) is 0 Å². The fourth-order valence-electron chi connectivity index (χ4n) is 9.53. The number of ether oxygens (including phenoxy) is 2. The van der Waals surface area contributed by atoms with Gasteiger partial charge in [0.2, 0.25) is 21.8 Å². The lowest BCUT2D eigenvalue weighted by Gasteiger charge is -2.31. The number of pyridine rings is 1. The van der Waals surface area contributed by atoms with Crippen molar-refractivity contribution in [2.45, 2.75) is 139 Å². The van der Waals surface area contributed by atoms with E-state index in [1.807, 2.05) is 0 Å². The minimum atomic E-state index is -3.85. The molecule has 3 heterocycles. The van der Waals surface area contributed by atoms with Gasteiger partial charge < -0.3 is 14.4 Å². The highest BCUT2D eigenvalue weighted by Gasteiger charge is 2.61. The quantitative estimate of drug-likeness (QED) is 0.275. The minimum absolute atomic E-state index is 0.0364. The number of nitrogens with zero attached hydrogens (tertiary/aromatic N) is 2. The summed E-state index contributed by atoms with van der Waals surface area (Å²) in [7, 11) is -3.85. The number of nitrogens with one attached hydrogen (secondary N) is 1. The Morgan fingerprint density at radius 2 is 1.66 bits per heavy atom. The molecule has 0 unspecified atom stereocenters. The van der Waals surface area contributed by atoms with E-state index in [4.69, 9.17) is 9.47 Å². The number of ketones is 1. The number of carbonyl (C=O) groups excluding carboxylic acids is 4. The predicted molar refractivity (Wildman–Crippen MR) is 199 cm³/mol. The van der Waals surface area contributed by atoms with Crippen molar-refractivity contribution >= 4 is 49.5 Å². The Morgan fingerprint density at radius 1 is 0.943 bits per heavy atom. The number of amides is 2. The molecule has 53 heavy (non-hydrogen) atoms. The van der Waals surface area contributed by atoms with Crippen LogP contribution in [0.3, 0.4) is 0 Å². The molecular weight excluding hydrogens is 766 g/mol. The molecule has 2 bridgehead atoms. The average molecular weight is 819 g/mol. The smallest absolute Gasteiger partial charge is 0.306 e. The summed E-state index contributed by atoms with van der Waals surface area (Å²) in [6, 6.07) is 2.40. The van der Waals surface area contributed by atoms with Gasteiger partial charge in [-0.15, -0.1) is 6.58 Å². The molecule has 0 aromatic carbocycles. The number of hydrogen-bond acceptors (Lipinski definition) is 9. The molecule has 0 spiro atoms. The Kier molecular flexibility index (Phi) is 11.3. The standard InChI is InChI=1S/C39H52BrN3O9S/c1-2-26-21-39(26,38(48)41-53(49,50)28-14-15-28)22-32(44)31-19-27-23-43(31)36(46)29(24-9-5-6-10-24)20-35(45)52-33-13-8-12-25(33)11-4-3-7-18-42-34(51-27)17-16-30(40)37(42)47/h2,16-17,24-29,31,33H,1,3-15,18-23H2,(H,41,48)/t25-,26+,27-,29+,31+,33-,39-/m1/s1. The Hall–Kier alpha value is -3.00. The maximum Gasteiger partial charge on any atom is 0.306 e. The molecule has 12 nitrogen and oxygen atoms in total. The second-order valence-electron chi connectivity index (χ2n) is 16.4. The average Bonchev–Trinajstić information content (AvgIpc) is 3.91. The topological polar surface area (TPSA) is 158 Å². The zero-order valence-electron chi connectivity index (χ0n) is 30.3. The van der Waals surface area contributed by atoms with Crippen LogP contribution in [0.2, 0.25) is 0 Å². The van der Waals surface area contributed by atoms with Crippen LogP contribution in [-0.2, 0) is 40.5 Å². The van der Waals surface area contributed by atoms with E-state index in [1.165, 1.54) is 4.90 Å². The summed E-state index contributed by atoms with van der Waals surface area (Å²) in [5, 5.41) is -0.603. The van der Waals surface area contributed by atoms with Gasteiger partial charge in [0.05, 0.1) is 40.1 Å². The van der Waals surface area contributed by atoms with Crippen LogP contribution < -0.4 is 15.0 Å². The van der Waals surface area contributed by atoms with Crippen LogP contribution in [0, 0.1) is 29.1 Å². The van der Waals surface area contributed by atoms with Gasteiger partial charge in [-0.1, -0.05) is 31.8 Å². The van der Waals surface area contributed by atoms with Crippen LogP contribution >= 0.6 is 15.9 Å². The Bertz CT molecular complexity index is 1790. The molecule has 290 valence electrons. The van der Waals surface area contributed by atoms with E-state index >= 15 is 0 Å². The van der Waals surface area contributed by atoms with Crippen LogP contribution in [0.5, 0.6) is 5.88 Å². The third kappa shape index (κ3) is 8.18. The van der Waals surface area contributed by atoms with Gasteiger partial charge >= 0.3 is 5.97 Å². The maximum atomic E-state index is 14.8. The largest absolute Gasteiger partial charge is 0.473 e. The van der Waals surface area contributed by atoms with Gasteiger partial charge in [-0.2, -0.15) is 0 Å². The van der Waals surface area contributed by atoms with Gasteiger partial charge in [-0.3, -0.25) is 33.3 Å². The minimum Gasteiger partial charge on any atom is -0.473 e. The number of halogens is 1. The molecule has 1 N–H and O–H groups in total. The maximum absolute atomic E-state index is 14.8. The molecule has 1 aromatic heterocycles. The van der Waals surface area contributed by atoms with Crippen molar-refractivity contribution in [2.24, 2.45) is 29.1 Å². The molecule has 0 radical (unpaired) electrons. The van der Waals surface area contributed by atoms with Gasteiger partial charge in [-0.25, -0.2) is 8.42 Å². The van der Waals surface area contributed by atoms with Gasteiger partial charge in [0.15, 0.2) is 11.7 Å². The predicted octanol–water partition coefficient (Wildman–Crippen LogP) is 5.20. The number of allylic oxidation sites excluding steroid dienone is 1. The van der Waals surface area contributed by atoms with Crippen molar-refractivity contribution in [3.05, 3.63) is 39.6 Å². The summed E-state index contributed by atoms with van der Waals surface area (Å²) >= 11 is 3.37. The highest BCUT2D eigenvalue weighted by molar-refractivity contribution is 9.10. The highest BCUT2D eigenvalue weighted by Crippen LogP contribution is 2.57. The molecule has 14 heteroatoms. The summed E-state index contributed by atoms with van der Waals surface area (Å²) in [6.45, 7) is 4.32. The number of aromatic nitrogens is 1. The SMILES string of the molecule is C=C[C@H]1C[C@]1(CC(=O)[C@@H]1C[C@@H]2CN1C(=O)[C@H](C1CCCC1)CC(=O)O[C@@H]1CCC[C@H]1CCCCCn1c(ccc(Br)c1=O)O2)C(=O)NS(=O)(=O)C1CC1. The zero-order valence-corrected chi connectivity index (χ0v) is 32.8. The lowest BCUT2D eigenvalue weighted by Crippen LogP contribution is -2.47. The van der Waals surface area contributed by atoms with Crippen molar-refractivity contribution in [2.75, 3.05) is 6.54 Å². The van der Waals surface area contributed by atoms with E-state index in [-0.39, 0.29) is 73.4 Å². The van der Waals surface area contributed by atoms with Gasteiger partial charge in [0, 0.05) is 19.4 Å². The third-order valence-electron chi connectivity index (χ3n) is 12.9. The molecule has 4 saturated carbocycles. The summed E-state index contributed by atoms with van der Waals surface area (Å²) in [6.07, 6.45) is 11.6. The molecule has 2 amide bonds. The Balaban J connectivity index is 1.20. The van der Waals surface area contributed by atoms with E-state index in [1.54, 1.807) is 22.8 Å². The first-order valence-electron chi connectivity index (χ1n) is 19.7. The Labute approximate surface area is 320 Å². The van der Waals surface area contributed by atoms with Crippen molar-refractivity contribution < 1.29 is 37.1 Å².